The Kier molecular flexibility index (Phi) is 3.79. The van der Waals surface area contributed by atoms with Crippen molar-refractivity contribution in [3.05, 3.63) is 54.6 Å². The second kappa shape index (κ2) is 5.88. The molecular formula is C15H15N5S. The topological polar surface area (TPSA) is 67.9 Å². The van der Waals surface area contributed by atoms with Gasteiger partial charge in [-0.25, -0.2) is 0 Å². The predicted molar refractivity (Wildman–Crippen MR) is 86.1 cm³/mol. The molecule has 0 radical (unpaired) electrons. The minimum Gasteiger partial charge on any atom is -0.382 e. The summed E-state index contributed by atoms with van der Waals surface area (Å²) in [6, 6.07) is 7.88. The standard InChI is InChI=1S/C15H15N5S/c1-20(10-11-4-2-6-17-8-11)15-13(14(16)19-21-15)12-5-3-7-18-9-12/h2-9H,10H2,1H3,(H2,16,19). The predicted octanol–water partition coefficient (Wildman–Crippen LogP) is 2.82. The average molecular weight is 297 g/mol. The zero-order chi connectivity index (χ0) is 14.7. The van der Waals surface area contributed by atoms with Gasteiger partial charge in [0.2, 0.25) is 0 Å². The molecule has 106 valence electrons. The van der Waals surface area contributed by atoms with Crippen molar-refractivity contribution >= 4 is 22.4 Å². The first kappa shape index (κ1) is 13.5. The van der Waals surface area contributed by atoms with E-state index in [1.807, 2.05) is 37.6 Å². The Morgan fingerprint density at radius 3 is 2.57 bits per heavy atom. The van der Waals surface area contributed by atoms with Gasteiger partial charge in [0.25, 0.3) is 0 Å². The zero-order valence-corrected chi connectivity index (χ0v) is 12.4. The summed E-state index contributed by atoms with van der Waals surface area (Å²) in [7, 11) is 2.03. The first-order valence-corrected chi connectivity index (χ1v) is 7.28. The fourth-order valence-electron chi connectivity index (χ4n) is 2.17. The number of nitrogens with zero attached hydrogens (tertiary/aromatic N) is 4. The summed E-state index contributed by atoms with van der Waals surface area (Å²) in [5.74, 6) is 0.543. The van der Waals surface area contributed by atoms with Crippen LogP contribution >= 0.6 is 11.5 Å². The summed E-state index contributed by atoms with van der Waals surface area (Å²) in [5.41, 5.74) is 9.11. The highest BCUT2D eigenvalue weighted by atomic mass is 32.1. The first-order chi connectivity index (χ1) is 10.3. The highest BCUT2D eigenvalue weighted by Crippen LogP contribution is 2.38. The van der Waals surface area contributed by atoms with Gasteiger partial charge in [-0.05, 0) is 29.2 Å². The summed E-state index contributed by atoms with van der Waals surface area (Å²) in [6.07, 6.45) is 7.19. The molecule has 3 aromatic heterocycles. The van der Waals surface area contributed by atoms with Gasteiger partial charge in [0.15, 0.2) is 0 Å². The lowest BCUT2D eigenvalue weighted by atomic mass is 10.1. The van der Waals surface area contributed by atoms with Gasteiger partial charge >= 0.3 is 0 Å². The van der Waals surface area contributed by atoms with Crippen molar-refractivity contribution in [2.75, 3.05) is 17.7 Å². The molecule has 21 heavy (non-hydrogen) atoms. The molecule has 0 saturated heterocycles. The molecule has 0 unspecified atom stereocenters. The minimum atomic E-state index is 0.543. The van der Waals surface area contributed by atoms with Crippen LogP contribution in [0.4, 0.5) is 10.8 Å². The van der Waals surface area contributed by atoms with E-state index < -0.39 is 0 Å². The van der Waals surface area contributed by atoms with Crippen molar-refractivity contribution in [1.82, 2.24) is 14.3 Å². The van der Waals surface area contributed by atoms with Gasteiger partial charge in [-0.1, -0.05) is 12.1 Å². The number of rotatable bonds is 4. The molecule has 0 fully saturated rings. The smallest absolute Gasteiger partial charge is 0.147 e. The van der Waals surface area contributed by atoms with E-state index in [4.69, 9.17) is 5.73 Å². The minimum absolute atomic E-state index is 0.543. The molecule has 2 N–H and O–H groups in total. The molecule has 0 aliphatic rings. The number of nitrogens with two attached hydrogens (primary N) is 1. The number of anilines is 2. The van der Waals surface area contributed by atoms with E-state index in [1.165, 1.54) is 11.5 Å². The third kappa shape index (κ3) is 2.85. The molecule has 0 amide bonds. The van der Waals surface area contributed by atoms with Crippen molar-refractivity contribution in [3.63, 3.8) is 0 Å². The van der Waals surface area contributed by atoms with Crippen LogP contribution in [0.15, 0.2) is 49.1 Å². The van der Waals surface area contributed by atoms with E-state index in [9.17, 15) is 0 Å². The normalized spacial score (nSPS) is 10.5. The molecule has 3 heterocycles. The van der Waals surface area contributed by atoms with Crippen LogP contribution < -0.4 is 10.6 Å². The van der Waals surface area contributed by atoms with Crippen molar-refractivity contribution in [2.24, 2.45) is 0 Å². The zero-order valence-electron chi connectivity index (χ0n) is 11.6. The summed E-state index contributed by atoms with van der Waals surface area (Å²) in [5, 5.41) is 1.03. The average Bonchev–Trinajstić information content (AvgIpc) is 2.91. The van der Waals surface area contributed by atoms with Crippen molar-refractivity contribution in [1.29, 1.82) is 0 Å². The quantitative estimate of drug-likeness (QED) is 0.802. The molecule has 0 atom stereocenters. The Labute approximate surface area is 127 Å². The van der Waals surface area contributed by atoms with Gasteiger partial charge in [0, 0.05) is 43.9 Å². The lowest BCUT2D eigenvalue weighted by Gasteiger charge is -2.18. The summed E-state index contributed by atoms with van der Waals surface area (Å²) in [4.78, 5) is 10.4. The van der Waals surface area contributed by atoms with Crippen LogP contribution in [0.3, 0.4) is 0 Å². The van der Waals surface area contributed by atoms with E-state index in [-0.39, 0.29) is 0 Å². The molecule has 0 spiro atoms. The highest BCUT2D eigenvalue weighted by molar-refractivity contribution is 7.11. The van der Waals surface area contributed by atoms with Gasteiger partial charge in [-0.3, -0.25) is 9.97 Å². The van der Waals surface area contributed by atoms with Crippen LogP contribution in [0, 0.1) is 0 Å². The molecule has 0 aromatic carbocycles. The molecule has 0 bridgehead atoms. The van der Waals surface area contributed by atoms with Crippen LogP contribution in [-0.2, 0) is 6.54 Å². The first-order valence-electron chi connectivity index (χ1n) is 6.51. The number of aromatic nitrogens is 3. The molecule has 0 saturated carbocycles. The molecule has 3 rings (SSSR count). The fourth-order valence-corrected chi connectivity index (χ4v) is 2.97. The van der Waals surface area contributed by atoms with Crippen molar-refractivity contribution in [3.8, 4) is 11.1 Å². The van der Waals surface area contributed by atoms with Gasteiger partial charge in [-0.15, -0.1) is 0 Å². The maximum Gasteiger partial charge on any atom is 0.147 e. The lowest BCUT2D eigenvalue weighted by molar-refractivity contribution is 0.927. The Bertz CT molecular complexity index is 711. The van der Waals surface area contributed by atoms with E-state index in [2.05, 4.69) is 25.3 Å². The number of hydrogen-bond donors (Lipinski definition) is 1. The molecular weight excluding hydrogens is 282 g/mol. The Hall–Kier alpha value is -2.47. The van der Waals surface area contributed by atoms with Gasteiger partial charge in [0.05, 0.1) is 5.56 Å². The molecule has 6 heteroatoms. The van der Waals surface area contributed by atoms with Gasteiger partial charge in [-0.2, -0.15) is 4.37 Å². The Balaban J connectivity index is 1.93. The summed E-state index contributed by atoms with van der Waals surface area (Å²) >= 11 is 1.40. The summed E-state index contributed by atoms with van der Waals surface area (Å²) < 4.78 is 4.29. The monoisotopic (exact) mass is 297 g/mol. The molecule has 3 aromatic rings. The van der Waals surface area contributed by atoms with Crippen LogP contribution in [0.5, 0.6) is 0 Å². The Morgan fingerprint density at radius 1 is 1.14 bits per heavy atom. The third-order valence-electron chi connectivity index (χ3n) is 3.14. The maximum atomic E-state index is 6.04. The molecule has 0 aliphatic heterocycles. The summed E-state index contributed by atoms with van der Waals surface area (Å²) in [6.45, 7) is 0.753. The number of pyridine rings is 2. The molecule has 0 aliphatic carbocycles. The number of nitrogen functional groups attached to an aromatic ring is 1. The fraction of sp³-hybridized carbons (Fsp3) is 0.133. The van der Waals surface area contributed by atoms with Crippen LogP contribution in [0.2, 0.25) is 0 Å². The highest BCUT2D eigenvalue weighted by Gasteiger charge is 2.17. The van der Waals surface area contributed by atoms with E-state index in [1.54, 1.807) is 12.4 Å². The van der Waals surface area contributed by atoms with E-state index in [0.717, 1.165) is 28.2 Å². The van der Waals surface area contributed by atoms with Crippen molar-refractivity contribution in [2.45, 2.75) is 6.54 Å². The van der Waals surface area contributed by atoms with Crippen molar-refractivity contribution < 1.29 is 0 Å². The van der Waals surface area contributed by atoms with Gasteiger partial charge < -0.3 is 10.6 Å². The second-order valence-corrected chi connectivity index (χ2v) is 5.46. The second-order valence-electron chi connectivity index (χ2n) is 4.71. The lowest BCUT2D eigenvalue weighted by Crippen LogP contribution is -2.16. The van der Waals surface area contributed by atoms with E-state index >= 15 is 0 Å². The SMILES string of the molecule is CN(Cc1cccnc1)c1snc(N)c1-c1cccnc1. The number of hydrogen-bond acceptors (Lipinski definition) is 6. The van der Waals surface area contributed by atoms with E-state index in [0.29, 0.717) is 5.82 Å². The van der Waals surface area contributed by atoms with Crippen LogP contribution in [-0.4, -0.2) is 21.4 Å². The molecule has 5 nitrogen and oxygen atoms in total. The third-order valence-corrected chi connectivity index (χ3v) is 4.12. The van der Waals surface area contributed by atoms with Crippen LogP contribution in [0.1, 0.15) is 5.56 Å². The Morgan fingerprint density at radius 2 is 1.90 bits per heavy atom. The maximum absolute atomic E-state index is 6.04. The van der Waals surface area contributed by atoms with Crippen LogP contribution in [0.25, 0.3) is 11.1 Å². The van der Waals surface area contributed by atoms with Gasteiger partial charge in [0.1, 0.15) is 10.8 Å². The largest absolute Gasteiger partial charge is 0.382 e.